The number of methoxy groups -OCH3 is 1. The monoisotopic (exact) mass is 253 g/mol. The number of ether oxygens (including phenoxy) is 1. The van der Waals surface area contributed by atoms with E-state index in [0.717, 1.165) is 18.1 Å². The van der Waals surface area contributed by atoms with Gasteiger partial charge in [0.25, 0.3) is 0 Å². The van der Waals surface area contributed by atoms with Crippen LogP contribution in [0.3, 0.4) is 0 Å². The fraction of sp³-hybridized carbons (Fsp3) is 0.643. The summed E-state index contributed by atoms with van der Waals surface area (Å²) in [5.41, 5.74) is 0.462. The first-order valence-electron chi connectivity index (χ1n) is 6.45. The molecule has 0 aliphatic rings. The Morgan fingerprint density at radius 3 is 2.83 bits per heavy atom. The minimum Gasteiger partial charge on any atom is -0.467 e. The molecule has 2 unspecified atom stereocenters. The van der Waals surface area contributed by atoms with Gasteiger partial charge in [-0.3, -0.25) is 0 Å². The van der Waals surface area contributed by atoms with E-state index in [-0.39, 0.29) is 5.97 Å². The zero-order valence-corrected chi connectivity index (χ0v) is 11.7. The Bertz CT molecular complexity index is 373. The molecule has 0 bridgehead atoms. The summed E-state index contributed by atoms with van der Waals surface area (Å²) in [6.45, 7) is 7.25. The molecule has 1 aromatic rings. The van der Waals surface area contributed by atoms with Crippen LogP contribution in [0.1, 0.15) is 49.7 Å². The van der Waals surface area contributed by atoms with E-state index in [1.807, 2.05) is 0 Å². The predicted octanol–water partition coefficient (Wildman–Crippen LogP) is 2.98. The molecule has 1 rings (SSSR count). The molecule has 0 aliphatic carbocycles. The molecule has 0 spiro atoms. The molecular formula is C14H23NO3. The maximum absolute atomic E-state index is 11.2. The van der Waals surface area contributed by atoms with Gasteiger partial charge in [0.1, 0.15) is 12.0 Å². The van der Waals surface area contributed by atoms with Gasteiger partial charge in [0.05, 0.1) is 19.2 Å². The summed E-state index contributed by atoms with van der Waals surface area (Å²) in [5, 5.41) is 3.39. The van der Waals surface area contributed by atoms with Crippen LogP contribution >= 0.6 is 0 Å². The van der Waals surface area contributed by atoms with Crippen LogP contribution in [0.4, 0.5) is 0 Å². The Morgan fingerprint density at radius 2 is 2.22 bits per heavy atom. The molecule has 1 heterocycles. The molecule has 0 saturated heterocycles. The van der Waals surface area contributed by atoms with Crippen molar-refractivity contribution in [3.8, 4) is 0 Å². The van der Waals surface area contributed by atoms with E-state index in [0.29, 0.717) is 18.2 Å². The molecule has 4 nitrogen and oxygen atoms in total. The topological polar surface area (TPSA) is 51.5 Å². The first-order valence-corrected chi connectivity index (χ1v) is 6.45. The van der Waals surface area contributed by atoms with Crippen molar-refractivity contribution in [3.05, 3.63) is 23.7 Å². The Labute approximate surface area is 109 Å². The van der Waals surface area contributed by atoms with Crippen LogP contribution in [0.2, 0.25) is 0 Å². The Morgan fingerprint density at radius 1 is 1.50 bits per heavy atom. The smallest absolute Gasteiger partial charge is 0.341 e. The number of furan rings is 1. The van der Waals surface area contributed by atoms with Gasteiger partial charge in [0, 0.05) is 6.04 Å². The van der Waals surface area contributed by atoms with E-state index in [4.69, 9.17) is 4.42 Å². The number of hydrogen-bond acceptors (Lipinski definition) is 4. The molecule has 0 saturated carbocycles. The van der Waals surface area contributed by atoms with Crippen LogP contribution in [-0.2, 0) is 11.3 Å². The van der Waals surface area contributed by atoms with Gasteiger partial charge in [-0.05, 0) is 25.3 Å². The SMILES string of the molecule is CCC(C)CC(C)NCc1cc(C(=O)OC)co1. The van der Waals surface area contributed by atoms with Gasteiger partial charge in [-0.15, -0.1) is 0 Å². The lowest BCUT2D eigenvalue weighted by atomic mass is 10.0. The van der Waals surface area contributed by atoms with Crippen LogP contribution in [0.15, 0.2) is 16.7 Å². The molecule has 0 aliphatic heterocycles. The summed E-state index contributed by atoms with van der Waals surface area (Å²) in [6, 6.07) is 2.15. The van der Waals surface area contributed by atoms with Crippen molar-refractivity contribution in [3.63, 3.8) is 0 Å². The lowest BCUT2D eigenvalue weighted by Gasteiger charge is -2.16. The fourth-order valence-electron chi connectivity index (χ4n) is 1.83. The molecule has 18 heavy (non-hydrogen) atoms. The van der Waals surface area contributed by atoms with Crippen molar-refractivity contribution in [2.75, 3.05) is 7.11 Å². The van der Waals surface area contributed by atoms with E-state index in [1.165, 1.54) is 19.8 Å². The average Bonchev–Trinajstić information content (AvgIpc) is 2.84. The highest BCUT2D eigenvalue weighted by molar-refractivity contribution is 5.88. The number of nitrogens with one attached hydrogen (secondary N) is 1. The Hall–Kier alpha value is -1.29. The quantitative estimate of drug-likeness (QED) is 0.759. The number of carbonyl (C=O) groups is 1. The predicted molar refractivity (Wildman–Crippen MR) is 70.4 cm³/mol. The summed E-state index contributed by atoms with van der Waals surface area (Å²) >= 11 is 0. The molecular weight excluding hydrogens is 230 g/mol. The van der Waals surface area contributed by atoms with Gasteiger partial charge >= 0.3 is 5.97 Å². The van der Waals surface area contributed by atoms with Gasteiger partial charge in [-0.1, -0.05) is 20.3 Å². The number of hydrogen-bond donors (Lipinski definition) is 1. The van der Waals surface area contributed by atoms with Crippen LogP contribution in [0.5, 0.6) is 0 Å². The van der Waals surface area contributed by atoms with E-state index in [2.05, 4.69) is 30.8 Å². The van der Waals surface area contributed by atoms with E-state index >= 15 is 0 Å². The molecule has 102 valence electrons. The maximum atomic E-state index is 11.2. The van der Waals surface area contributed by atoms with Crippen LogP contribution in [-0.4, -0.2) is 19.1 Å². The van der Waals surface area contributed by atoms with Gasteiger partial charge in [0.2, 0.25) is 0 Å². The Balaban J connectivity index is 2.39. The highest BCUT2D eigenvalue weighted by atomic mass is 16.5. The third-order valence-corrected chi connectivity index (χ3v) is 3.15. The van der Waals surface area contributed by atoms with Crippen molar-refractivity contribution in [1.82, 2.24) is 5.32 Å². The normalized spacial score (nSPS) is 14.2. The van der Waals surface area contributed by atoms with Crippen molar-refractivity contribution in [2.45, 2.75) is 46.2 Å². The summed E-state index contributed by atoms with van der Waals surface area (Å²) in [4.78, 5) is 11.2. The second kappa shape index (κ2) is 7.21. The van der Waals surface area contributed by atoms with Crippen LogP contribution in [0, 0.1) is 5.92 Å². The minimum atomic E-state index is -0.363. The van der Waals surface area contributed by atoms with Crippen molar-refractivity contribution >= 4 is 5.97 Å². The first kappa shape index (κ1) is 14.8. The minimum absolute atomic E-state index is 0.363. The zero-order valence-electron chi connectivity index (χ0n) is 11.7. The molecule has 0 fully saturated rings. The summed E-state index contributed by atoms with van der Waals surface area (Å²) in [6.07, 6.45) is 3.77. The van der Waals surface area contributed by atoms with Gasteiger partial charge in [-0.2, -0.15) is 0 Å². The first-order chi connectivity index (χ1) is 8.56. The Kier molecular flexibility index (Phi) is 5.92. The standard InChI is InChI=1S/C14H23NO3/c1-5-10(2)6-11(3)15-8-13-7-12(9-18-13)14(16)17-4/h7,9-11,15H,5-6,8H2,1-4H3. The molecule has 0 amide bonds. The van der Waals surface area contributed by atoms with Crippen LogP contribution < -0.4 is 5.32 Å². The average molecular weight is 253 g/mol. The number of carbonyl (C=O) groups excluding carboxylic acids is 1. The lowest BCUT2D eigenvalue weighted by molar-refractivity contribution is 0.0600. The van der Waals surface area contributed by atoms with E-state index in [1.54, 1.807) is 6.07 Å². The summed E-state index contributed by atoms with van der Waals surface area (Å²) in [7, 11) is 1.36. The fourth-order valence-corrected chi connectivity index (χ4v) is 1.83. The summed E-state index contributed by atoms with van der Waals surface area (Å²) < 4.78 is 9.93. The lowest BCUT2D eigenvalue weighted by Crippen LogP contribution is -2.27. The number of rotatable bonds is 7. The van der Waals surface area contributed by atoms with Crippen molar-refractivity contribution in [1.29, 1.82) is 0 Å². The molecule has 4 heteroatoms. The van der Waals surface area contributed by atoms with E-state index < -0.39 is 0 Å². The highest BCUT2D eigenvalue weighted by Gasteiger charge is 2.11. The van der Waals surface area contributed by atoms with Crippen molar-refractivity contribution in [2.24, 2.45) is 5.92 Å². The maximum Gasteiger partial charge on any atom is 0.341 e. The molecule has 2 atom stereocenters. The zero-order chi connectivity index (χ0) is 13.5. The largest absolute Gasteiger partial charge is 0.467 e. The van der Waals surface area contributed by atoms with Gasteiger partial charge in [-0.25, -0.2) is 4.79 Å². The third kappa shape index (κ3) is 4.53. The van der Waals surface area contributed by atoms with Crippen molar-refractivity contribution < 1.29 is 13.9 Å². The van der Waals surface area contributed by atoms with Gasteiger partial charge in [0.15, 0.2) is 0 Å². The second-order valence-electron chi connectivity index (χ2n) is 4.82. The molecule has 1 aromatic heterocycles. The second-order valence-corrected chi connectivity index (χ2v) is 4.82. The summed E-state index contributed by atoms with van der Waals surface area (Å²) in [5.74, 6) is 1.11. The molecule has 0 aromatic carbocycles. The van der Waals surface area contributed by atoms with Gasteiger partial charge < -0.3 is 14.5 Å². The van der Waals surface area contributed by atoms with E-state index in [9.17, 15) is 4.79 Å². The number of esters is 1. The molecule has 0 radical (unpaired) electrons. The van der Waals surface area contributed by atoms with Crippen LogP contribution in [0.25, 0.3) is 0 Å². The molecule has 1 N–H and O–H groups in total. The third-order valence-electron chi connectivity index (χ3n) is 3.15. The highest BCUT2D eigenvalue weighted by Crippen LogP contribution is 2.12.